The summed E-state index contributed by atoms with van der Waals surface area (Å²) in [5.74, 6) is -0.0227. The van der Waals surface area contributed by atoms with Crippen LogP contribution < -0.4 is 0 Å². The highest BCUT2D eigenvalue weighted by Crippen LogP contribution is 2.24. The van der Waals surface area contributed by atoms with E-state index in [2.05, 4.69) is 43.9 Å². The Morgan fingerprint density at radius 3 is 2.89 bits per heavy atom. The number of aromatic nitrogens is 2. The predicted octanol–water partition coefficient (Wildman–Crippen LogP) is 4.05. The molecule has 0 unspecified atom stereocenters. The lowest BCUT2D eigenvalue weighted by Gasteiger charge is -2.02. The maximum atomic E-state index is 12.3. The van der Waals surface area contributed by atoms with Gasteiger partial charge in [0.25, 0.3) is 0 Å². The van der Waals surface area contributed by atoms with Crippen molar-refractivity contribution in [3.63, 3.8) is 0 Å². The minimum Gasteiger partial charge on any atom is -0.288 e. The summed E-state index contributed by atoms with van der Waals surface area (Å²) in [6, 6.07) is 5.55. The quantitative estimate of drug-likeness (QED) is 0.760. The van der Waals surface area contributed by atoms with Crippen molar-refractivity contribution in [2.24, 2.45) is 0 Å². The molecule has 0 N–H and O–H groups in total. The van der Waals surface area contributed by atoms with E-state index in [1.165, 1.54) is 0 Å². The van der Waals surface area contributed by atoms with Crippen molar-refractivity contribution in [1.82, 2.24) is 9.78 Å². The minimum absolute atomic E-state index is 0.0227. The Balaban J connectivity index is 2.32. The molecule has 0 amide bonds. The summed E-state index contributed by atoms with van der Waals surface area (Å²) >= 11 is 6.77. The summed E-state index contributed by atoms with van der Waals surface area (Å²) in [7, 11) is 0. The van der Waals surface area contributed by atoms with Crippen LogP contribution >= 0.6 is 31.9 Å². The normalized spacial score (nSPS) is 10.6. The van der Waals surface area contributed by atoms with Crippen molar-refractivity contribution in [3.05, 3.63) is 50.7 Å². The van der Waals surface area contributed by atoms with Crippen LogP contribution in [0, 0.1) is 0 Å². The lowest BCUT2D eigenvalue weighted by atomic mass is 10.1. The molecule has 0 saturated carbocycles. The van der Waals surface area contributed by atoms with Crippen LogP contribution in [0.1, 0.15) is 29.3 Å². The maximum Gasteiger partial charge on any atom is 0.197 e. The average molecular weight is 372 g/mol. The summed E-state index contributed by atoms with van der Waals surface area (Å²) in [4.78, 5) is 12.3. The third-order valence-electron chi connectivity index (χ3n) is 2.52. The Kier molecular flexibility index (Phi) is 4.35. The van der Waals surface area contributed by atoms with E-state index in [1.54, 1.807) is 17.1 Å². The van der Waals surface area contributed by atoms with E-state index < -0.39 is 0 Å². The fourth-order valence-corrected chi connectivity index (χ4v) is 2.45. The molecule has 0 aliphatic carbocycles. The van der Waals surface area contributed by atoms with Crippen LogP contribution in [0.4, 0.5) is 0 Å². The Hall–Kier alpha value is -0.940. The van der Waals surface area contributed by atoms with Crippen LogP contribution in [-0.2, 0) is 6.54 Å². The fourth-order valence-electron chi connectivity index (χ4n) is 1.66. The van der Waals surface area contributed by atoms with Crippen molar-refractivity contribution in [3.8, 4) is 0 Å². The third kappa shape index (κ3) is 2.90. The van der Waals surface area contributed by atoms with Crippen LogP contribution in [0.15, 0.2) is 39.5 Å². The van der Waals surface area contributed by atoms with E-state index in [0.717, 1.165) is 21.9 Å². The molecule has 0 atom stereocenters. The van der Waals surface area contributed by atoms with Gasteiger partial charge < -0.3 is 0 Å². The van der Waals surface area contributed by atoms with Crippen molar-refractivity contribution in [1.29, 1.82) is 0 Å². The summed E-state index contributed by atoms with van der Waals surface area (Å²) in [6.45, 7) is 2.90. The van der Waals surface area contributed by atoms with Gasteiger partial charge in [-0.2, -0.15) is 5.10 Å². The molecule has 1 aromatic carbocycles. The molecule has 0 aliphatic rings. The molecular weight excluding hydrogens is 360 g/mol. The van der Waals surface area contributed by atoms with Crippen molar-refractivity contribution in [2.75, 3.05) is 0 Å². The number of carbonyl (C=O) groups is 1. The zero-order chi connectivity index (χ0) is 13.1. The first-order chi connectivity index (χ1) is 8.61. The minimum atomic E-state index is -0.0227. The van der Waals surface area contributed by atoms with Crippen molar-refractivity contribution in [2.45, 2.75) is 19.9 Å². The van der Waals surface area contributed by atoms with Crippen molar-refractivity contribution < 1.29 is 4.79 Å². The fraction of sp³-hybridized carbons (Fsp3) is 0.231. The molecule has 0 fully saturated rings. The highest BCUT2D eigenvalue weighted by atomic mass is 79.9. The Morgan fingerprint density at radius 2 is 2.17 bits per heavy atom. The standard InChI is InChI=1S/C13H12Br2N2O/c1-2-5-17-8-9(7-16-17)13(18)11-6-10(14)3-4-12(11)15/h3-4,6-8H,2,5H2,1H3. The number of hydrogen-bond donors (Lipinski definition) is 0. The molecule has 0 spiro atoms. The molecule has 1 heterocycles. The topological polar surface area (TPSA) is 34.9 Å². The first-order valence-electron chi connectivity index (χ1n) is 5.64. The van der Waals surface area contributed by atoms with Gasteiger partial charge in [0.1, 0.15) is 0 Å². The first kappa shape index (κ1) is 13.5. The summed E-state index contributed by atoms with van der Waals surface area (Å²) in [6.07, 6.45) is 4.40. The van der Waals surface area contributed by atoms with Crippen LogP contribution in [0.5, 0.6) is 0 Å². The summed E-state index contributed by atoms with van der Waals surface area (Å²) in [5, 5.41) is 4.17. The molecule has 94 valence electrons. The zero-order valence-corrected chi connectivity index (χ0v) is 13.0. The van der Waals surface area contributed by atoms with Gasteiger partial charge in [0.05, 0.1) is 11.8 Å². The molecule has 2 aromatic rings. The molecule has 18 heavy (non-hydrogen) atoms. The van der Waals surface area contributed by atoms with E-state index in [-0.39, 0.29) is 5.78 Å². The molecule has 3 nitrogen and oxygen atoms in total. The van der Waals surface area contributed by atoms with Gasteiger partial charge in [0, 0.05) is 27.3 Å². The maximum absolute atomic E-state index is 12.3. The number of carbonyl (C=O) groups excluding carboxylic acids is 1. The van der Waals surface area contributed by atoms with Crippen LogP contribution in [-0.4, -0.2) is 15.6 Å². The molecule has 5 heteroatoms. The lowest BCUT2D eigenvalue weighted by Crippen LogP contribution is -2.02. The second kappa shape index (κ2) is 5.80. The molecule has 2 rings (SSSR count). The monoisotopic (exact) mass is 370 g/mol. The van der Waals surface area contributed by atoms with E-state index in [0.29, 0.717) is 11.1 Å². The largest absolute Gasteiger partial charge is 0.288 e. The second-order valence-corrected chi connectivity index (χ2v) is 5.72. The van der Waals surface area contributed by atoms with Crippen LogP contribution in [0.3, 0.4) is 0 Å². The van der Waals surface area contributed by atoms with Gasteiger partial charge in [0.15, 0.2) is 5.78 Å². The molecule has 0 aliphatic heterocycles. The van der Waals surface area contributed by atoms with Gasteiger partial charge in [-0.25, -0.2) is 0 Å². The molecule has 0 saturated heterocycles. The number of ketones is 1. The summed E-state index contributed by atoms with van der Waals surface area (Å²) < 4.78 is 3.47. The third-order valence-corrected chi connectivity index (χ3v) is 3.71. The van der Waals surface area contributed by atoms with Gasteiger partial charge in [-0.1, -0.05) is 38.8 Å². The highest BCUT2D eigenvalue weighted by molar-refractivity contribution is 9.11. The first-order valence-corrected chi connectivity index (χ1v) is 7.22. The van der Waals surface area contributed by atoms with Gasteiger partial charge in [-0.15, -0.1) is 0 Å². The van der Waals surface area contributed by atoms with Crippen molar-refractivity contribution >= 4 is 37.6 Å². The van der Waals surface area contributed by atoms with Gasteiger partial charge in [-0.05, 0) is 24.6 Å². The van der Waals surface area contributed by atoms with Gasteiger partial charge in [-0.3, -0.25) is 9.48 Å². The average Bonchev–Trinajstić information content (AvgIpc) is 2.80. The SMILES string of the molecule is CCCn1cc(C(=O)c2cc(Br)ccc2Br)cn1. The van der Waals surface area contributed by atoms with Gasteiger partial charge in [0.2, 0.25) is 0 Å². The molecular formula is C13H12Br2N2O. The number of nitrogens with zero attached hydrogens (tertiary/aromatic N) is 2. The molecule has 0 bridgehead atoms. The Morgan fingerprint density at radius 1 is 1.39 bits per heavy atom. The zero-order valence-electron chi connectivity index (χ0n) is 9.86. The second-order valence-electron chi connectivity index (χ2n) is 3.95. The number of halogens is 2. The van der Waals surface area contributed by atoms with E-state index in [4.69, 9.17) is 0 Å². The van der Waals surface area contributed by atoms with E-state index in [9.17, 15) is 4.79 Å². The molecule has 1 aromatic heterocycles. The van der Waals surface area contributed by atoms with Gasteiger partial charge >= 0.3 is 0 Å². The highest BCUT2D eigenvalue weighted by Gasteiger charge is 2.14. The Labute approximate surface area is 122 Å². The van der Waals surface area contributed by atoms with E-state index in [1.807, 2.05) is 18.2 Å². The molecule has 0 radical (unpaired) electrons. The number of rotatable bonds is 4. The summed E-state index contributed by atoms with van der Waals surface area (Å²) in [5.41, 5.74) is 1.25. The predicted molar refractivity (Wildman–Crippen MR) is 77.8 cm³/mol. The number of aryl methyl sites for hydroxylation is 1. The number of hydrogen-bond acceptors (Lipinski definition) is 2. The lowest BCUT2D eigenvalue weighted by molar-refractivity contribution is 0.103. The Bertz CT molecular complexity index is 578. The smallest absolute Gasteiger partial charge is 0.197 e. The van der Waals surface area contributed by atoms with Crippen LogP contribution in [0.2, 0.25) is 0 Å². The number of benzene rings is 1. The van der Waals surface area contributed by atoms with E-state index >= 15 is 0 Å². The van der Waals surface area contributed by atoms with Crippen LogP contribution in [0.25, 0.3) is 0 Å².